The fraction of sp³-hybridized carbons (Fsp3) is 0.182. The molecule has 0 aliphatic heterocycles. The van der Waals surface area contributed by atoms with Crippen LogP contribution in [-0.4, -0.2) is 9.55 Å². The van der Waals surface area contributed by atoms with E-state index < -0.39 is 0 Å². The Morgan fingerprint density at radius 3 is 2.73 bits per heavy atom. The number of nitrogens with zero attached hydrogens (tertiary/aromatic N) is 2. The summed E-state index contributed by atoms with van der Waals surface area (Å²) >= 11 is 3.45. The van der Waals surface area contributed by atoms with E-state index in [9.17, 15) is 0 Å². The molecule has 2 aromatic rings. The van der Waals surface area contributed by atoms with Crippen LogP contribution in [0.5, 0.6) is 0 Å². The minimum atomic E-state index is 0.532. The van der Waals surface area contributed by atoms with Crippen LogP contribution < -0.4 is 5.73 Å². The number of anilines is 1. The summed E-state index contributed by atoms with van der Waals surface area (Å²) in [4.78, 5) is 4.30. The van der Waals surface area contributed by atoms with Crippen molar-refractivity contribution in [3.63, 3.8) is 0 Å². The highest BCUT2D eigenvalue weighted by atomic mass is 79.9. The van der Waals surface area contributed by atoms with E-state index in [1.807, 2.05) is 23.9 Å². The number of benzene rings is 1. The Balaban J connectivity index is 2.58. The molecule has 1 aromatic carbocycles. The minimum absolute atomic E-state index is 0.532. The van der Waals surface area contributed by atoms with E-state index in [1.54, 1.807) is 0 Å². The Hall–Kier alpha value is -1.29. The number of aromatic nitrogens is 2. The van der Waals surface area contributed by atoms with Crippen molar-refractivity contribution in [3.8, 4) is 11.3 Å². The van der Waals surface area contributed by atoms with Crippen molar-refractivity contribution in [2.75, 3.05) is 5.73 Å². The molecule has 2 rings (SSSR count). The molecule has 0 amide bonds. The summed E-state index contributed by atoms with van der Waals surface area (Å²) < 4.78 is 2.86. The van der Waals surface area contributed by atoms with E-state index in [4.69, 9.17) is 5.73 Å². The topological polar surface area (TPSA) is 43.8 Å². The largest absolute Gasteiger partial charge is 0.369 e. The first-order valence-electron chi connectivity index (χ1n) is 4.63. The molecule has 0 atom stereocenters. The first-order valence-corrected chi connectivity index (χ1v) is 5.42. The number of aryl methyl sites for hydroxylation is 2. The SMILES string of the molecule is Cc1ccc(Br)cc1-c1cn(C)c(N)n1. The van der Waals surface area contributed by atoms with Gasteiger partial charge in [0.25, 0.3) is 0 Å². The summed E-state index contributed by atoms with van der Waals surface area (Å²) in [5.74, 6) is 0.532. The first kappa shape index (κ1) is 10.2. The smallest absolute Gasteiger partial charge is 0.200 e. The average Bonchev–Trinajstić information content (AvgIpc) is 2.51. The second-order valence-electron chi connectivity index (χ2n) is 3.55. The molecule has 1 aromatic heterocycles. The van der Waals surface area contributed by atoms with Gasteiger partial charge in [-0.3, -0.25) is 0 Å². The minimum Gasteiger partial charge on any atom is -0.369 e. The van der Waals surface area contributed by atoms with Crippen LogP contribution in [0.2, 0.25) is 0 Å². The Morgan fingerprint density at radius 1 is 1.40 bits per heavy atom. The molecule has 0 bridgehead atoms. The summed E-state index contributed by atoms with van der Waals surface area (Å²) in [7, 11) is 1.89. The fourth-order valence-corrected chi connectivity index (χ4v) is 1.84. The Labute approximate surface area is 97.1 Å². The highest BCUT2D eigenvalue weighted by molar-refractivity contribution is 9.10. The van der Waals surface area contributed by atoms with Gasteiger partial charge >= 0.3 is 0 Å². The van der Waals surface area contributed by atoms with E-state index in [1.165, 1.54) is 5.56 Å². The van der Waals surface area contributed by atoms with Gasteiger partial charge in [-0.1, -0.05) is 22.0 Å². The van der Waals surface area contributed by atoms with Crippen molar-refractivity contribution in [1.82, 2.24) is 9.55 Å². The second-order valence-corrected chi connectivity index (χ2v) is 4.47. The van der Waals surface area contributed by atoms with E-state index >= 15 is 0 Å². The molecule has 0 unspecified atom stereocenters. The summed E-state index contributed by atoms with van der Waals surface area (Å²) in [5, 5.41) is 0. The summed E-state index contributed by atoms with van der Waals surface area (Å²) in [5.41, 5.74) is 8.92. The van der Waals surface area contributed by atoms with Gasteiger partial charge in [-0.2, -0.15) is 0 Å². The van der Waals surface area contributed by atoms with E-state index in [-0.39, 0.29) is 0 Å². The Kier molecular flexibility index (Phi) is 2.52. The maximum atomic E-state index is 5.71. The van der Waals surface area contributed by atoms with Gasteiger partial charge in [0, 0.05) is 23.3 Å². The summed E-state index contributed by atoms with van der Waals surface area (Å²) in [6.45, 7) is 2.06. The lowest BCUT2D eigenvalue weighted by Crippen LogP contribution is -1.94. The van der Waals surface area contributed by atoms with Crippen molar-refractivity contribution in [2.24, 2.45) is 7.05 Å². The number of hydrogen-bond donors (Lipinski definition) is 1. The van der Waals surface area contributed by atoms with Crippen LogP contribution in [0.25, 0.3) is 11.3 Å². The lowest BCUT2D eigenvalue weighted by Gasteiger charge is -2.02. The van der Waals surface area contributed by atoms with Crippen molar-refractivity contribution in [2.45, 2.75) is 6.92 Å². The van der Waals surface area contributed by atoms with Crippen molar-refractivity contribution < 1.29 is 0 Å². The van der Waals surface area contributed by atoms with Gasteiger partial charge in [0.1, 0.15) is 0 Å². The molecule has 0 spiro atoms. The Bertz CT molecular complexity index is 483. The van der Waals surface area contributed by atoms with E-state index in [0.29, 0.717) is 5.95 Å². The second kappa shape index (κ2) is 3.70. The number of nitrogen functional groups attached to an aromatic ring is 1. The highest BCUT2D eigenvalue weighted by Crippen LogP contribution is 2.26. The van der Waals surface area contributed by atoms with E-state index in [2.05, 4.69) is 40.0 Å². The van der Waals surface area contributed by atoms with Crippen LogP contribution >= 0.6 is 15.9 Å². The molecule has 0 aliphatic carbocycles. The predicted octanol–water partition coefficient (Wildman–Crippen LogP) is 2.74. The third-order valence-corrected chi connectivity index (χ3v) is 2.88. The average molecular weight is 266 g/mol. The third kappa shape index (κ3) is 1.90. The van der Waals surface area contributed by atoms with Crippen molar-refractivity contribution in [3.05, 3.63) is 34.4 Å². The van der Waals surface area contributed by atoms with Gasteiger partial charge in [0.2, 0.25) is 0 Å². The maximum Gasteiger partial charge on any atom is 0.200 e. The Morgan fingerprint density at radius 2 is 2.13 bits per heavy atom. The number of rotatable bonds is 1. The van der Waals surface area contributed by atoms with Gasteiger partial charge in [0.15, 0.2) is 5.95 Å². The zero-order valence-electron chi connectivity index (χ0n) is 8.66. The number of nitrogens with two attached hydrogens (primary N) is 1. The number of halogens is 1. The molecule has 0 aliphatic rings. The van der Waals surface area contributed by atoms with Gasteiger partial charge in [-0.25, -0.2) is 4.98 Å². The molecule has 1 heterocycles. The van der Waals surface area contributed by atoms with Gasteiger partial charge in [0.05, 0.1) is 5.69 Å². The van der Waals surface area contributed by atoms with Crippen LogP contribution in [0, 0.1) is 6.92 Å². The van der Waals surface area contributed by atoms with E-state index in [0.717, 1.165) is 15.7 Å². The van der Waals surface area contributed by atoms with Gasteiger partial charge in [-0.15, -0.1) is 0 Å². The van der Waals surface area contributed by atoms with Crippen molar-refractivity contribution >= 4 is 21.9 Å². The monoisotopic (exact) mass is 265 g/mol. The summed E-state index contributed by atoms with van der Waals surface area (Å²) in [6.07, 6.45) is 1.93. The number of imidazole rings is 1. The van der Waals surface area contributed by atoms with Gasteiger partial charge in [-0.05, 0) is 24.6 Å². The van der Waals surface area contributed by atoms with Crippen LogP contribution in [0.4, 0.5) is 5.95 Å². The highest BCUT2D eigenvalue weighted by Gasteiger charge is 2.07. The molecule has 15 heavy (non-hydrogen) atoms. The fourth-order valence-electron chi connectivity index (χ4n) is 1.48. The zero-order valence-corrected chi connectivity index (χ0v) is 10.2. The van der Waals surface area contributed by atoms with Crippen LogP contribution in [0.1, 0.15) is 5.56 Å². The van der Waals surface area contributed by atoms with Crippen LogP contribution in [0.3, 0.4) is 0 Å². The molecule has 78 valence electrons. The number of hydrogen-bond acceptors (Lipinski definition) is 2. The normalized spacial score (nSPS) is 10.6. The quantitative estimate of drug-likeness (QED) is 0.862. The zero-order chi connectivity index (χ0) is 11.0. The molecule has 0 fully saturated rings. The van der Waals surface area contributed by atoms with Crippen molar-refractivity contribution in [1.29, 1.82) is 0 Å². The molecule has 2 N–H and O–H groups in total. The molecule has 0 saturated heterocycles. The van der Waals surface area contributed by atoms with Crippen LogP contribution in [0.15, 0.2) is 28.9 Å². The van der Waals surface area contributed by atoms with Gasteiger partial charge < -0.3 is 10.3 Å². The van der Waals surface area contributed by atoms with Crippen LogP contribution in [-0.2, 0) is 7.05 Å². The first-order chi connectivity index (χ1) is 7.08. The molecule has 0 saturated carbocycles. The molecule has 3 nitrogen and oxygen atoms in total. The lowest BCUT2D eigenvalue weighted by atomic mass is 10.1. The molecule has 4 heteroatoms. The summed E-state index contributed by atoms with van der Waals surface area (Å²) in [6, 6.07) is 6.13. The lowest BCUT2D eigenvalue weighted by molar-refractivity contribution is 0.930. The maximum absolute atomic E-state index is 5.71. The molecular formula is C11H12BrN3. The predicted molar refractivity (Wildman–Crippen MR) is 65.5 cm³/mol. The standard InChI is InChI=1S/C11H12BrN3/c1-7-3-4-8(12)5-9(7)10-6-15(2)11(13)14-10/h3-6H,1-2H3,(H2,13,14). The third-order valence-electron chi connectivity index (χ3n) is 2.39. The molecule has 0 radical (unpaired) electrons. The molecular weight excluding hydrogens is 254 g/mol.